The number of aromatic nitrogens is 3. The molecule has 284 valence electrons. The van der Waals surface area contributed by atoms with Gasteiger partial charge >= 0.3 is 6.03 Å². The highest BCUT2D eigenvalue weighted by molar-refractivity contribution is 6.31. The molecule has 10 nitrogen and oxygen atoms in total. The van der Waals surface area contributed by atoms with Crippen molar-refractivity contribution in [3.05, 3.63) is 82.8 Å². The number of nitrogens with zero attached hydrogens (tertiary/aromatic N) is 4. The third-order valence-corrected chi connectivity index (χ3v) is 11.6. The molecule has 53 heavy (non-hydrogen) atoms. The molecule has 1 fully saturated rings. The molecule has 1 aliphatic carbocycles. The van der Waals surface area contributed by atoms with E-state index in [1.165, 1.54) is 0 Å². The van der Waals surface area contributed by atoms with Gasteiger partial charge in [-0.2, -0.15) is 0 Å². The molecule has 3 heterocycles. The molecular weight excluding hydrogens is 681 g/mol. The SMILES string of the molecule is COc1c(NC(=O)N[C@H]2CC[C@@H](Oc3ccc4nnc([C@@H]5CCCN5C(C)C)n4c3)c3ccccc32)cc(C(C)(C)C)cc1C(C)(C)O[Si]C(C)(C)C. The fourth-order valence-corrected chi connectivity index (χ4v) is 8.20. The minimum absolute atomic E-state index is 0.0208. The minimum Gasteiger partial charge on any atom is -0.494 e. The summed E-state index contributed by atoms with van der Waals surface area (Å²) in [7, 11) is 1.94. The van der Waals surface area contributed by atoms with E-state index >= 15 is 0 Å². The van der Waals surface area contributed by atoms with E-state index in [2.05, 4.69) is 118 Å². The van der Waals surface area contributed by atoms with E-state index in [-0.39, 0.29) is 44.4 Å². The molecule has 2 aromatic heterocycles. The van der Waals surface area contributed by atoms with E-state index in [9.17, 15) is 4.79 Å². The summed E-state index contributed by atoms with van der Waals surface area (Å²) in [4.78, 5) is 16.4. The lowest BCUT2D eigenvalue weighted by Crippen LogP contribution is -2.36. The predicted molar refractivity (Wildman–Crippen MR) is 212 cm³/mol. The number of carbonyl (C=O) groups excluding carboxylic acids is 1. The lowest BCUT2D eigenvalue weighted by molar-refractivity contribution is 0.106. The zero-order valence-electron chi connectivity index (χ0n) is 33.5. The first kappa shape index (κ1) is 38.8. The van der Waals surface area contributed by atoms with Crippen LogP contribution in [0.5, 0.6) is 11.5 Å². The molecule has 6 rings (SSSR count). The molecule has 1 saturated heterocycles. The molecule has 2 amide bonds. The van der Waals surface area contributed by atoms with Gasteiger partial charge in [-0.3, -0.25) is 9.30 Å². The highest BCUT2D eigenvalue weighted by Crippen LogP contribution is 2.43. The van der Waals surface area contributed by atoms with Crippen molar-refractivity contribution >= 4 is 27.1 Å². The minimum atomic E-state index is -0.645. The van der Waals surface area contributed by atoms with Crippen LogP contribution in [0.1, 0.15) is 141 Å². The number of likely N-dealkylation sites (tertiary alicyclic amines) is 1. The summed E-state index contributed by atoms with van der Waals surface area (Å²) in [6, 6.07) is 16.6. The molecule has 0 saturated carbocycles. The Labute approximate surface area is 318 Å². The second-order valence-corrected chi connectivity index (χ2v) is 19.3. The van der Waals surface area contributed by atoms with Crippen LogP contribution in [-0.2, 0) is 15.4 Å². The summed E-state index contributed by atoms with van der Waals surface area (Å²) in [6.45, 7) is 22.7. The number of amides is 2. The maximum atomic E-state index is 13.9. The van der Waals surface area contributed by atoms with E-state index in [1.54, 1.807) is 7.11 Å². The second kappa shape index (κ2) is 15.1. The van der Waals surface area contributed by atoms with Crippen molar-refractivity contribution in [1.82, 2.24) is 24.8 Å². The Morgan fingerprint density at radius 2 is 1.68 bits per heavy atom. The van der Waals surface area contributed by atoms with Crippen LogP contribution in [0, 0.1) is 0 Å². The van der Waals surface area contributed by atoms with Crippen molar-refractivity contribution in [3.8, 4) is 11.5 Å². The Hall–Kier alpha value is -3.93. The normalized spacial score (nSPS) is 19.7. The maximum Gasteiger partial charge on any atom is 0.319 e. The van der Waals surface area contributed by atoms with Crippen molar-refractivity contribution < 1.29 is 18.7 Å². The van der Waals surface area contributed by atoms with Crippen LogP contribution in [0.4, 0.5) is 10.5 Å². The molecule has 1 aliphatic heterocycles. The van der Waals surface area contributed by atoms with Gasteiger partial charge in [0.25, 0.3) is 0 Å². The van der Waals surface area contributed by atoms with Crippen LogP contribution in [0.25, 0.3) is 5.65 Å². The molecule has 2 radical (unpaired) electrons. The van der Waals surface area contributed by atoms with E-state index in [4.69, 9.17) is 13.9 Å². The molecular formula is C42H58N6O4Si. The Morgan fingerprint density at radius 3 is 2.36 bits per heavy atom. The Balaban J connectivity index is 1.21. The van der Waals surface area contributed by atoms with Gasteiger partial charge in [0.2, 0.25) is 9.76 Å². The maximum absolute atomic E-state index is 13.9. The Morgan fingerprint density at radius 1 is 0.943 bits per heavy atom. The highest BCUT2D eigenvalue weighted by Gasteiger charge is 2.34. The average Bonchev–Trinajstić information content (AvgIpc) is 3.75. The van der Waals surface area contributed by atoms with Gasteiger partial charge in [-0.15, -0.1) is 10.2 Å². The number of hydrogen-bond donors (Lipinski definition) is 2. The van der Waals surface area contributed by atoms with Gasteiger partial charge in [-0.1, -0.05) is 65.8 Å². The zero-order valence-corrected chi connectivity index (χ0v) is 34.5. The summed E-state index contributed by atoms with van der Waals surface area (Å²) >= 11 is 0. The quantitative estimate of drug-likeness (QED) is 0.156. The number of carbonyl (C=O) groups is 1. The van der Waals surface area contributed by atoms with E-state index in [0.717, 1.165) is 71.7 Å². The standard InChI is InChI=1S/C42H58N6O4Si/c1-26(2)47-22-14-17-34(47)38-46-45-36-21-18-28(25-48(36)38)51-35-20-19-32(29-15-12-13-16-30(29)35)43-39(49)44-33-24-27(40(3,4)5)23-31(37(33)50-11)42(9,10)52-53-41(6,7)8/h12-13,15-16,18,21,23-26,32,34-35H,14,17,19-20,22H2,1-11H3,(H2,43,44,49)/t32-,34-,35+/m0/s1. The number of pyridine rings is 1. The molecule has 0 spiro atoms. The Bertz CT molecular complexity index is 1930. The largest absolute Gasteiger partial charge is 0.494 e. The number of methoxy groups -OCH3 is 1. The number of anilines is 1. The molecule has 4 aromatic rings. The topological polar surface area (TPSA) is 102 Å². The lowest BCUT2D eigenvalue weighted by atomic mass is 9.83. The van der Waals surface area contributed by atoms with Gasteiger partial charge in [0.15, 0.2) is 11.5 Å². The summed E-state index contributed by atoms with van der Waals surface area (Å²) in [5.74, 6) is 2.34. The van der Waals surface area contributed by atoms with Gasteiger partial charge in [0, 0.05) is 11.6 Å². The lowest BCUT2D eigenvalue weighted by Gasteiger charge is -2.34. The highest BCUT2D eigenvalue weighted by atomic mass is 28.2. The smallest absolute Gasteiger partial charge is 0.319 e. The molecule has 0 bridgehead atoms. The molecule has 0 unspecified atom stereocenters. The third kappa shape index (κ3) is 8.58. The average molecular weight is 739 g/mol. The predicted octanol–water partition coefficient (Wildman–Crippen LogP) is 9.45. The van der Waals surface area contributed by atoms with Crippen LogP contribution >= 0.6 is 0 Å². The van der Waals surface area contributed by atoms with Crippen molar-refractivity contribution in [2.45, 2.75) is 135 Å². The first-order chi connectivity index (χ1) is 24.9. The van der Waals surface area contributed by atoms with Gasteiger partial charge in [-0.25, -0.2) is 4.79 Å². The van der Waals surface area contributed by atoms with Gasteiger partial charge in [0.1, 0.15) is 17.6 Å². The van der Waals surface area contributed by atoms with Crippen molar-refractivity contribution in [2.24, 2.45) is 0 Å². The number of fused-ring (bicyclic) bond motifs is 2. The van der Waals surface area contributed by atoms with Crippen LogP contribution in [0.15, 0.2) is 54.7 Å². The second-order valence-electron chi connectivity index (χ2n) is 17.4. The fourth-order valence-electron chi connectivity index (χ4n) is 7.53. The summed E-state index contributed by atoms with van der Waals surface area (Å²) in [6.07, 6.45) is 5.56. The first-order valence-corrected chi connectivity index (χ1v) is 20.0. The molecule has 2 aliphatic rings. The zero-order chi connectivity index (χ0) is 38.3. The molecule has 2 N–H and O–H groups in total. The molecule has 3 atom stereocenters. The van der Waals surface area contributed by atoms with E-state index in [0.29, 0.717) is 17.5 Å². The van der Waals surface area contributed by atoms with Gasteiger partial charge in [-0.05, 0) is 111 Å². The number of urea groups is 1. The number of ether oxygens (including phenoxy) is 2. The van der Waals surface area contributed by atoms with E-state index < -0.39 is 5.60 Å². The van der Waals surface area contributed by atoms with Crippen molar-refractivity contribution in [1.29, 1.82) is 0 Å². The fraction of sp³-hybridized carbons (Fsp3) is 0.548. The summed E-state index contributed by atoms with van der Waals surface area (Å²) in [5, 5.41) is 15.6. The number of hydrogen-bond acceptors (Lipinski definition) is 7. The Kier molecular flexibility index (Phi) is 11.0. The first-order valence-electron chi connectivity index (χ1n) is 19.1. The van der Waals surface area contributed by atoms with Crippen molar-refractivity contribution in [2.75, 3.05) is 19.0 Å². The van der Waals surface area contributed by atoms with E-state index in [1.807, 2.05) is 36.5 Å². The summed E-state index contributed by atoms with van der Waals surface area (Å²) in [5.41, 5.74) is 4.74. The van der Waals surface area contributed by atoms with Gasteiger partial charge in [0.05, 0.1) is 36.7 Å². The van der Waals surface area contributed by atoms with Gasteiger partial charge < -0.3 is 24.5 Å². The monoisotopic (exact) mass is 738 g/mol. The number of nitrogens with one attached hydrogen (secondary N) is 2. The van der Waals surface area contributed by atoms with Crippen molar-refractivity contribution in [3.63, 3.8) is 0 Å². The third-order valence-electron chi connectivity index (χ3n) is 10.3. The summed E-state index contributed by atoms with van der Waals surface area (Å²) < 4.78 is 21.3. The molecule has 2 aromatic carbocycles. The van der Waals surface area contributed by atoms with Crippen LogP contribution in [-0.4, -0.2) is 55.0 Å². The van der Waals surface area contributed by atoms with Crippen LogP contribution in [0.3, 0.4) is 0 Å². The molecule has 11 heteroatoms. The number of rotatable bonds is 10. The van der Waals surface area contributed by atoms with Crippen LogP contribution in [0.2, 0.25) is 5.04 Å². The van der Waals surface area contributed by atoms with Crippen LogP contribution < -0.4 is 20.1 Å². The number of benzene rings is 2.